The van der Waals surface area contributed by atoms with Crippen LogP contribution in [0.3, 0.4) is 0 Å². The van der Waals surface area contributed by atoms with Crippen LogP contribution in [0.4, 0.5) is 0 Å². The second-order valence-corrected chi connectivity index (χ2v) is 6.62. The van der Waals surface area contributed by atoms with Gasteiger partial charge in [-0.05, 0) is 45.5 Å². The van der Waals surface area contributed by atoms with Crippen molar-refractivity contribution in [2.75, 3.05) is 0 Å². The smallest absolute Gasteiger partial charge is 0.123 e. The molecule has 27 heavy (non-hydrogen) atoms. The van der Waals surface area contributed by atoms with E-state index in [1.165, 1.54) is 0 Å². The zero-order valence-corrected chi connectivity index (χ0v) is 14.5. The molecule has 1 aliphatic carbocycles. The van der Waals surface area contributed by atoms with Crippen LogP contribution in [-0.2, 0) is 0 Å². The van der Waals surface area contributed by atoms with Gasteiger partial charge in [-0.3, -0.25) is 0 Å². The summed E-state index contributed by atoms with van der Waals surface area (Å²) in [6, 6.07) is 26.8. The van der Waals surface area contributed by atoms with E-state index in [-0.39, 0.29) is 11.5 Å². The molecule has 2 N–H and O–H groups in total. The topological polar surface area (TPSA) is 40.5 Å². The van der Waals surface area contributed by atoms with Gasteiger partial charge in [-0.15, -0.1) is 0 Å². The molecule has 2 radical (unpaired) electrons. The van der Waals surface area contributed by atoms with Crippen LogP contribution in [0.15, 0.2) is 84.9 Å². The minimum absolute atomic E-state index is 0.209. The van der Waals surface area contributed by atoms with Crippen molar-refractivity contribution in [2.45, 2.75) is 0 Å². The Kier molecular flexibility index (Phi) is 3.51. The van der Waals surface area contributed by atoms with Gasteiger partial charge in [-0.2, -0.15) is 0 Å². The van der Waals surface area contributed by atoms with Crippen molar-refractivity contribution in [1.82, 2.24) is 0 Å². The molecule has 0 fully saturated rings. The van der Waals surface area contributed by atoms with Gasteiger partial charge in [-0.1, -0.05) is 72.8 Å². The lowest BCUT2D eigenvalue weighted by molar-refractivity contribution is 0.476. The summed E-state index contributed by atoms with van der Waals surface area (Å²) < 4.78 is 0. The molecule has 0 saturated heterocycles. The number of phenolic OH excluding ortho intramolecular Hbond substituents is 2. The molecule has 0 unspecified atom stereocenters. The van der Waals surface area contributed by atoms with Crippen LogP contribution in [0.5, 0.6) is 11.5 Å². The molecule has 0 bridgehead atoms. The Morgan fingerprint density at radius 1 is 0.481 bits per heavy atom. The van der Waals surface area contributed by atoms with Crippen LogP contribution in [0.25, 0.3) is 33.4 Å². The first-order valence-electron chi connectivity index (χ1n) is 8.84. The van der Waals surface area contributed by atoms with Crippen LogP contribution in [0.2, 0.25) is 0 Å². The molecule has 4 aromatic carbocycles. The molecular weight excluding hydrogens is 332 g/mol. The standard InChI is InChI=1S/C25H16O2/c26-23-11-5-3-9-19(23)20-14-13-18-17-8-2-1-7-16(17)15-22(18)25(20)21-10-4-6-12-24(21)27/h1-14,26-27H. The zero-order chi connectivity index (χ0) is 18.4. The van der Waals surface area contributed by atoms with E-state index in [4.69, 9.17) is 0 Å². The quantitative estimate of drug-likeness (QED) is 0.417. The van der Waals surface area contributed by atoms with Crippen molar-refractivity contribution >= 4 is 0 Å². The number of phenols is 2. The van der Waals surface area contributed by atoms with Crippen LogP contribution in [-0.4, -0.2) is 10.2 Å². The highest BCUT2D eigenvalue weighted by molar-refractivity contribution is 5.98. The lowest BCUT2D eigenvalue weighted by atomic mass is 9.87. The van der Waals surface area contributed by atoms with Gasteiger partial charge in [0, 0.05) is 11.1 Å². The summed E-state index contributed by atoms with van der Waals surface area (Å²) in [5.41, 5.74) is 7.41. The number of aromatic hydroxyl groups is 2. The van der Waals surface area contributed by atoms with Crippen molar-refractivity contribution in [2.24, 2.45) is 0 Å². The van der Waals surface area contributed by atoms with Crippen molar-refractivity contribution in [3.05, 3.63) is 102 Å². The summed E-state index contributed by atoms with van der Waals surface area (Å²) in [5, 5.41) is 21.0. The Morgan fingerprint density at radius 3 is 1.74 bits per heavy atom. The normalized spacial score (nSPS) is 11.9. The fourth-order valence-electron chi connectivity index (χ4n) is 3.81. The van der Waals surface area contributed by atoms with E-state index >= 15 is 0 Å². The fraction of sp³-hybridized carbons (Fsp3) is 0. The summed E-state index contributed by atoms with van der Waals surface area (Å²) in [5.74, 6) is 0.421. The maximum atomic E-state index is 10.6. The SMILES string of the molecule is Oc1ccccc1-c1ccc2c(c1-c1ccccc1O)[C]c1ccccc1-2. The minimum atomic E-state index is 0.209. The molecule has 0 amide bonds. The lowest BCUT2D eigenvalue weighted by Gasteiger charge is -2.17. The second-order valence-electron chi connectivity index (χ2n) is 6.62. The molecule has 0 heterocycles. The predicted octanol–water partition coefficient (Wildman–Crippen LogP) is 5.89. The van der Waals surface area contributed by atoms with E-state index in [0.29, 0.717) is 0 Å². The maximum absolute atomic E-state index is 10.6. The van der Waals surface area contributed by atoms with Crippen molar-refractivity contribution < 1.29 is 10.2 Å². The molecule has 0 atom stereocenters. The third kappa shape index (κ3) is 2.42. The highest BCUT2D eigenvalue weighted by atomic mass is 16.3. The first-order valence-corrected chi connectivity index (χ1v) is 8.84. The summed E-state index contributed by atoms with van der Waals surface area (Å²) in [4.78, 5) is 0. The summed E-state index contributed by atoms with van der Waals surface area (Å²) >= 11 is 0. The van der Waals surface area contributed by atoms with Gasteiger partial charge in [0.25, 0.3) is 0 Å². The van der Waals surface area contributed by atoms with Crippen molar-refractivity contribution in [1.29, 1.82) is 0 Å². The van der Waals surface area contributed by atoms with E-state index < -0.39 is 0 Å². The summed E-state index contributed by atoms with van der Waals surface area (Å²) in [7, 11) is 0. The Hall–Kier alpha value is -3.52. The van der Waals surface area contributed by atoms with Crippen LogP contribution in [0, 0.1) is 6.42 Å². The van der Waals surface area contributed by atoms with Gasteiger partial charge in [0.1, 0.15) is 11.5 Å². The molecule has 2 heteroatoms. The molecule has 5 rings (SSSR count). The molecule has 0 saturated carbocycles. The highest BCUT2D eigenvalue weighted by Gasteiger charge is 2.26. The molecule has 4 aromatic rings. The number of benzene rings is 4. The summed E-state index contributed by atoms with van der Waals surface area (Å²) in [6.07, 6.45) is 3.51. The molecule has 0 spiro atoms. The minimum Gasteiger partial charge on any atom is -0.507 e. The highest BCUT2D eigenvalue weighted by Crippen LogP contribution is 2.49. The van der Waals surface area contributed by atoms with Gasteiger partial charge in [0.05, 0.1) is 6.42 Å². The fourth-order valence-corrected chi connectivity index (χ4v) is 3.81. The predicted molar refractivity (Wildman–Crippen MR) is 108 cm³/mol. The van der Waals surface area contributed by atoms with Crippen LogP contribution >= 0.6 is 0 Å². The maximum Gasteiger partial charge on any atom is 0.123 e. The second kappa shape index (κ2) is 6.03. The van der Waals surface area contributed by atoms with Gasteiger partial charge in [0.2, 0.25) is 0 Å². The average molecular weight is 348 g/mol. The van der Waals surface area contributed by atoms with Crippen LogP contribution < -0.4 is 0 Å². The van der Waals surface area contributed by atoms with Gasteiger partial charge in [-0.25, -0.2) is 0 Å². The number of rotatable bonds is 2. The Balaban J connectivity index is 1.86. The zero-order valence-electron chi connectivity index (χ0n) is 14.5. The summed E-state index contributed by atoms with van der Waals surface area (Å²) in [6.45, 7) is 0. The monoisotopic (exact) mass is 348 g/mol. The number of hydrogen-bond acceptors (Lipinski definition) is 2. The number of fused-ring (bicyclic) bond motifs is 3. The lowest BCUT2D eigenvalue weighted by Crippen LogP contribution is -1.93. The van der Waals surface area contributed by atoms with E-state index in [1.54, 1.807) is 18.2 Å². The van der Waals surface area contributed by atoms with E-state index in [2.05, 4.69) is 18.6 Å². The first-order chi connectivity index (χ1) is 13.2. The molecule has 128 valence electrons. The van der Waals surface area contributed by atoms with Gasteiger partial charge in [0.15, 0.2) is 0 Å². The molecule has 0 aliphatic heterocycles. The Morgan fingerprint density at radius 2 is 1.04 bits per heavy atom. The molecule has 0 aromatic heterocycles. The van der Waals surface area contributed by atoms with E-state index in [0.717, 1.165) is 44.5 Å². The largest absolute Gasteiger partial charge is 0.507 e. The Labute approximate surface area is 158 Å². The van der Waals surface area contributed by atoms with E-state index in [1.807, 2.05) is 54.6 Å². The third-order valence-corrected chi connectivity index (χ3v) is 5.05. The molecule has 1 aliphatic rings. The number of hydrogen-bond donors (Lipinski definition) is 2. The molecular formula is C25H16O2. The van der Waals surface area contributed by atoms with Gasteiger partial charge < -0.3 is 10.2 Å². The first kappa shape index (κ1) is 15.7. The van der Waals surface area contributed by atoms with Gasteiger partial charge >= 0.3 is 0 Å². The van der Waals surface area contributed by atoms with E-state index in [9.17, 15) is 10.2 Å². The van der Waals surface area contributed by atoms with Crippen molar-refractivity contribution in [3.8, 4) is 44.9 Å². The average Bonchev–Trinajstić information content (AvgIpc) is 3.07. The van der Waals surface area contributed by atoms with Crippen LogP contribution in [0.1, 0.15) is 11.1 Å². The van der Waals surface area contributed by atoms with Crippen molar-refractivity contribution in [3.63, 3.8) is 0 Å². The number of para-hydroxylation sites is 2. The third-order valence-electron chi connectivity index (χ3n) is 5.05. The Bertz CT molecular complexity index is 1170. The molecule has 2 nitrogen and oxygen atoms in total.